The minimum atomic E-state index is -0.159. The lowest BCUT2D eigenvalue weighted by Gasteiger charge is -2.20. The minimum absolute atomic E-state index is 0.0172. The van der Waals surface area contributed by atoms with E-state index in [1.54, 1.807) is 17.4 Å². The second-order valence-corrected chi connectivity index (χ2v) is 6.58. The second-order valence-electron chi connectivity index (χ2n) is 5.60. The van der Waals surface area contributed by atoms with Crippen LogP contribution in [0, 0.1) is 5.92 Å². The van der Waals surface area contributed by atoms with Gasteiger partial charge in [0, 0.05) is 16.9 Å². The van der Waals surface area contributed by atoms with Crippen molar-refractivity contribution in [3.05, 3.63) is 39.9 Å². The Balaban J connectivity index is 1.72. The highest BCUT2D eigenvalue weighted by molar-refractivity contribution is 7.10. The van der Waals surface area contributed by atoms with Crippen molar-refractivity contribution in [2.24, 2.45) is 5.92 Å². The monoisotopic (exact) mass is 290 g/mol. The molecule has 1 atom stereocenters. The maximum atomic E-state index is 12.3. The lowest BCUT2D eigenvalue weighted by atomic mass is 10.0. The molecule has 5 heteroatoms. The molecular weight excluding hydrogens is 272 g/mol. The summed E-state index contributed by atoms with van der Waals surface area (Å²) in [5.41, 5.74) is 0.383. The molecule has 1 N–H and O–H groups in total. The number of aromatic nitrogens is 1. The molecule has 1 aliphatic rings. The highest BCUT2D eigenvalue weighted by atomic mass is 32.1. The largest absolute Gasteiger partial charge is 0.360 e. The summed E-state index contributed by atoms with van der Waals surface area (Å²) in [6, 6.07) is 5.85. The average molecular weight is 290 g/mol. The summed E-state index contributed by atoms with van der Waals surface area (Å²) >= 11 is 1.66. The molecule has 1 aliphatic carbocycles. The molecule has 0 saturated heterocycles. The third kappa shape index (κ3) is 2.77. The van der Waals surface area contributed by atoms with Crippen LogP contribution in [-0.4, -0.2) is 11.1 Å². The van der Waals surface area contributed by atoms with Crippen molar-refractivity contribution < 1.29 is 9.32 Å². The van der Waals surface area contributed by atoms with Gasteiger partial charge in [-0.1, -0.05) is 25.1 Å². The molecule has 2 aromatic rings. The van der Waals surface area contributed by atoms with Gasteiger partial charge in [0.1, 0.15) is 5.76 Å². The van der Waals surface area contributed by atoms with E-state index in [9.17, 15) is 4.79 Å². The van der Waals surface area contributed by atoms with Gasteiger partial charge in [0.25, 0.3) is 5.91 Å². The van der Waals surface area contributed by atoms with Gasteiger partial charge in [-0.25, -0.2) is 0 Å². The van der Waals surface area contributed by atoms with Gasteiger partial charge in [0.05, 0.1) is 6.04 Å². The predicted octanol–water partition coefficient (Wildman–Crippen LogP) is 3.74. The first-order chi connectivity index (χ1) is 9.65. The maximum absolute atomic E-state index is 12.3. The molecule has 0 spiro atoms. The summed E-state index contributed by atoms with van der Waals surface area (Å²) in [5, 5.41) is 8.97. The van der Waals surface area contributed by atoms with Crippen molar-refractivity contribution in [1.82, 2.24) is 10.5 Å². The van der Waals surface area contributed by atoms with Crippen molar-refractivity contribution >= 4 is 17.2 Å². The molecule has 0 aliphatic heterocycles. The van der Waals surface area contributed by atoms with E-state index >= 15 is 0 Å². The van der Waals surface area contributed by atoms with Gasteiger partial charge < -0.3 is 9.84 Å². The maximum Gasteiger partial charge on any atom is 0.273 e. The topological polar surface area (TPSA) is 55.1 Å². The van der Waals surface area contributed by atoms with E-state index in [0.29, 0.717) is 17.5 Å². The Bertz CT molecular complexity index is 585. The summed E-state index contributed by atoms with van der Waals surface area (Å²) in [4.78, 5) is 13.4. The van der Waals surface area contributed by atoms with Crippen LogP contribution >= 0.6 is 11.3 Å². The van der Waals surface area contributed by atoms with E-state index in [4.69, 9.17) is 4.52 Å². The first-order valence-electron chi connectivity index (χ1n) is 6.96. The molecule has 1 saturated carbocycles. The van der Waals surface area contributed by atoms with E-state index in [2.05, 4.69) is 24.3 Å². The number of hydrogen-bond donors (Lipinski definition) is 1. The molecule has 1 fully saturated rings. The van der Waals surface area contributed by atoms with Crippen LogP contribution in [0.3, 0.4) is 0 Å². The molecule has 0 aromatic carbocycles. The Morgan fingerprint density at radius 3 is 2.90 bits per heavy atom. The highest BCUT2D eigenvalue weighted by Crippen LogP contribution is 2.40. The molecule has 20 heavy (non-hydrogen) atoms. The average Bonchev–Trinajstić information content (AvgIpc) is 2.95. The minimum Gasteiger partial charge on any atom is -0.360 e. The Hall–Kier alpha value is -1.62. The zero-order valence-corrected chi connectivity index (χ0v) is 12.4. The summed E-state index contributed by atoms with van der Waals surface area (Å²) in [6.07, 6.45) is 2.28. The third-order valence-corrected chi connectivity index (χ3v) is 4.50. The van der Waals surface area contributed by atoms with Gasteiger partial charge in [-0.2, -0.15) is 0 Å². The number of carbonyl (C=O) groups excluding carboxylic acids is 1. The van der Waals surface area contributed by atoms with Crippen molar-refractivity contribution in [3.63, 3.8) is 0 Å². The Morgan fingerprint density at radius 2 is 2.30 bits per heavy atom. The number of amides is 1. The van der Waals surface area contributed by atoms with Gasteiger partial charge >= 0.3 is 0 Å². The van der Waals surface area contributed by atoms with Crippen molar-refractivity contribution in [2.75, 3.05) is 0 Å². The lowest BCUT2D eigenvalue weighted by Crippen LogP contribution is -2.31. The van der Waals surface area contributed by atoms with E-state index < -0.39 is 0 Å². The number of rotatable bonds is 5. The molecule has 0 bridgehead atoms. The Morgan fingerprint density at radius 1 is 1.50 bits per heavy atom. The smallest absolute Gasteiger partial charge is 0.273 e. The molecule has 2 aromatic heterocycles. The van der Waals surface area contributed by atoms with Crippen LogP contribution in [-0.2, 0) is 0 Å². The Kier molecular flexibility index (Phi) is 3.61. The van der Waals surface area contributed by atoms with E-state index in [-0.39, 0.29) is 11.9 Å². The second kappa shape index (κ2) is 5.40. The van der Waals surface area contributed by atoms with E-state index in [0.717, 1.165) is 18.6 Å². The van der Waals surface area contributed by atoms with Crippen LogP contribution in [0.4, 0.5) is 0 Å². The fourth-order valence-electron chi connectivity index (χ4n) is 2.21. The summed E-state index contributed by atoms with van der Waals surface area (Å²) < 4.78 is 5.23. The Labute approximate surface area is 122 Å². The van der Waals surface area contributed by atoms with Gasteiger partial charge in [0.2, 0.25) is 0 Å². The molecule has 106 valence electrons. The summed E-state index contributed by atoms with van der Waals surface area (Å²) in [5.74, 6) is 1.48. The number of thiophene rings is 1. The normalized spacial score (nSPS) is 16.4. The number of carbonyl (C=O) groups is 1. The molecule has 2 heterocycles. The van der Waals surface area contributed by atoms with Crippen LogP contribution in [0.25, 0.3) is 0 Å². The van der Waals surface area contributed by atoms with Crippen molar-refractivity contribution in [3.8, 4) is 0 Å². The van der Waals surface area contributed by atoms with Gasteiger partial charge in [-0.3, -0.25) is 4.79 Å². The summed E-state index contributed by atoms with van der Waals surface area (Å²) in [6.45, 7) is 4.20. The number of nitrogens with one attached hydrogen (secondary N) is 1. The van der Waals surface area contributed by atoms with Crippen LogP contribution in [0.5, 0.6) is 0 Å². The van der Waals surface area contributed by atoms with E-state index in [1.807, 2.05) is 17.5 Å². The number of nitrogens with zero attached hydrogens (tertiary/aromatic N) is 1. The lowest BCUT2D eigenvalue weighted by molar-refractivity contribution is 0.0917. The van der Waals surface area contributed by atoms with Crippen LogP contribution < -0.4 is 5.32 Å². The molecule has 1 amide bonds. The fourth-order valence-corrected chi connectivity index (χ4v) is 3.16. The van der Waals surface area contributed by atoms with Crippen LogP contribution in [0.2, 0.25) is 0 Å². The molecule has 4 nitrogen and oxygen atoms in total. The quantitative estimate of drug-likeness (QED) is 0.912. The zero-order valence-electron chi connectivity index (χ0n) is 11.6. The first-order valence-corrected chi connectivity index (χ1v) is 7.84. The standard InChI is InChI=1S/C15H18N2O2S/c1-9(2)14(13-4-3-7-20-13)16-15(18)11-8-12(19-17-11)10-5-6-10/h3-4,7-10,14H,5-6H2,1-2H3,(H,16,18)/t14-/m0/s1. The van der Waals surface area contributed by atoms with Gasteiger partial charge in [-0.15, -0.1) is 11.3 Å². The molecule has 3 rings (SSSR count). The first kappa shape index (κ1) is 13.4. The number of hydrogen-bond acceptors (Lipinski definition) is 4. The van der Waals surface area contributed by atoms with Crippen molar-refractivity contribution in [1.29, 1.82) is 0 Å². The van der Waals surface area contributed by atoms with Gasteiger partial charge in [0.15, 0.2) is 5.69 Å². The summed E-state index contributed by atoms with van der Waals surface area (Å²) in [7, 11) is 0. The fraction of sp³-hybridized carbons (Fsp3) is 0.467. The van der Waals surface area contributed by atoms with E-state index in [1.165, 1.54) is 4.88 Å². The molecule has 0 unspecified atom stereocenters. The predicted molar refractivity (Wildman–Crippen MR) is 77.8 cm³/mol. The molecule has 0 radical (unpaired) electrons. The highest BCUT2D eigenvalue weighted by Gasteiger charge is 2.29. The van der Waals surface area contributed by atoms with Crippen LogP contribution in [0.15, 0.2) is 28.1 Å². The van der Waals surface area contributed by atoms with Gasteiger partial charge in [-0.05, 0) is 30.2 Å². The third-order valence-electron chi connectivity index (χ3n) is 3.54. The van der Waals surface area contributed by atoms with Crippen LogP contribution in [0.1, 0.15) is 59.8 Å². The molecular formula is C15H18N2O2S. The SMILES string of the molecule is CC(C)[C@H](NC(=O)c1cc(C2CC2)on1)c1cccs1. The zero-order chi connectivity index (χ0) is 14.1. The van der Waals surface area contributed by atoms with Crippen molar-refractivity contribution in [2.45, 2.75) is 38.6 Å².